The lowest BCUT2D eigenvalue weighted by atomic mass is 9.74. The van der Waals surface area contributed by atoms with Gasteiger partial charge in [0, 0.05) is 6.54 Å². The first-order valence-electron chi connectivity index (χ1n) is 5.67. The number of halogens is 1. The van der Waals surface area contributed by atoms with Gasteiger partial charge in [-0.15, -0.1) is 0 Å². The van der Waals surface area contributed by atoms with Crippen molar-refractivity contribution in [1.82, 2.24) is 5.32 Å². The molecule has 0 aliphatic carbocycles. The fourth-order valence-electron chi connectivity index (χ4n) is 2.87. The van der Waals surface area contributed by atoms with Crippen molar-refractivity contribution in [2.24, 2.45) is 11.8 Å². The van der Waals surface area contributed by atoms with Gasteiger partial charge in [0.2, 0.25) is 0 Å². The molecule has 0 aromatic heterocycles. The molecular weight excluding hydrogens is 197 g/mol. The molecular formula is C11H20FNS. The molecule has 0 bridgehead atoms. The minimum atomic E-state index is -0.967. The lowest BCUT2D eigenvalue weighted by molar-refractivity contribution is 0.0298. The topological polar surface area (TPSA) is 12.0 Å². The van der Waals surface area contributed by atoms with Crippen LogP contribution in [0.4, 0.5) is 4.39 Å². The number of thioether (sulfide) groups is 1. The van der Waals surface area contributed by atoms with Crippen LogP contribution < -0.4 is 5.32 Å². The monoisotopic (exact) mass is 217 g/mol. The van der Waals surface area contributed by atoms with E-state index in [1.165, 1.54) is 24.3 Å². The summed E-state index contributed by atoms with van der Waals surface area (Å²) < 4.78 is 14.3. The molecule has 2 unspecified atom stereocenters. The van der Waals surface area contributed by atoms with E-state index in [0.29, 0.717) is 18.4 Å². The van der Waals surface area contributed by atoms with Crippen LogP contribution in [0.2, 0.25) is 0 Å². The average Bonchev–Trinajstić information content (AvgIpc) is 2.18. The highest BCUT2D eigenvalue weighted by atomic mass is 32.2. The fraction of sp³-hybridized carbons (Fsp3) is 1.00. The molecule has 2 aliphatic heterocycles. The van der Waals surface area contributed by atoms with E-state index in [1.807, 2.05) is 11.8 Å². The molecule has 82 valence electrons. The standard InChI is InChI=1S/C11H20FNS/c1-11(12)8-13-5-2-10(11)9-3-6-14-7-4-9/h9-10,13H,2-8H2,1H3. The van der Waals surface area contributed by atoms with Crippen LogP contribution in [0.3, 0.4) is 0 Å². The van der Waals surface area contributed by atoms with Crippen LogP contribution in [0, 0.1) is 11.8 Å². The zero-order valence-corrected chi connectivity index (χ0v) is 9.71. The van der Waals surface area contributed by atoms with Gasteiger partial charge in [0.05, 0.1) is 0 Å². The van der Waals surface area contributed by atoms with Crippen LogP contribution in [0.5, 0.6) is 0 Å². The van der Waals surface area contributed by atoms with Crippen LogP contribution in [-0.4, -0.2) is 30.3 Å². The summed E-state index contributed by atoms with van der Waals surface area (Å²) in [6.45, 7) is 3.35. The minimum Gasteiger partial charge on any atom is -0.314 e. The van der Waals surface area contributed by atoms with Crippen LogP contribution in [0.15, 0.2) is 0 Å². The number of piperidine rings is 1. The van der Waals surface area contributed by atoms with Gasteiger partial charge in [0.25, 0.3) is 0 Å². The molecule has 2 heterocycles. The van der Waals surface area contributed by atoms with Crippen molar-refractivity contribution < 1.29 is 4.39 Å². The number of rotatable bonds is 1. The largest absolute Gasteiger partial charge is 0.314 e. The normalized spacial score (nSPS) is 41.1. The van der Waals surface area contributed by atoms with Gasteiger partial charge in [0.1, 0.15) is 5.67 Å². The van der Waals surface area contributed by atoms with Crippen molar-refractivity contribution in [3.63, 3.8) is 0 Å². The lowest BCUT2D eigenvalue weighted by Crippen LogP contribution is -2.50. The van der Waals surface area contributed by atoms with Gasteiger partial charge in [-0.25, -0.2) is 4.39 Å². The van der Waals surface area contributed by atoms with Crippen molar-refractivity contribution in [3.8, 4) is 0 Å². The highest BCUT2D eigenvalue weighted by Crippen LogP contribution is 2.39. The molecule has 0 aromatic carbocycles. The Morgan fingerprint density at radius 2 is 2.00 bits per heavy atom. The summed E-state index contributed by atoms with van der Waals surface area (Å²) in [6, 6.07) is 0. The van der Waals surface area contributed by atoms with Crippen LogP contribution in [0.1, 0.15) is 26.2 Å². The maximum Gasteiger partial charge on any atom is 0.123 e. The highest BCUT2D eigenvalue weighted by Gasteiger charge is 2.41. The molecule has 0 spiro atoms. The molecule has 2 atom stereocenters. The smallest absolute Gasteiger partial charge is 0.123 e. The molecule has 1 N–H and O–H groups in total. The van der Waals surface area contributed by atoms with E-state index in [1.54, 1.807) is 6.92 Å². The number of alkyl halides is 1. The summed E-state index contributed by atoms with van der Waals surface area (Å²) in [5.74, 6) is 3.44. The third-order valence-electron chi connectivity index (χ3n) is 3.71. The van der Waals surface area contributed by atoms with E-state index in [0.717, 1.165) is 13.0 Å². The Morgan fingerprint density at radius 3 is 2.64 bits per heavy atom. The van der Waals surface area contributed by atoms with E-state index in [9.17, 15) is 4.39 Å². The van der Waals surface area contributed by atoms with Gasteiger partial charge >= 0.3 is 0 Å². The molecule has 2 saturated heterocycles. The Balaban J connectivity index is 1.99. The summed E-state index contributed by atoms with van der Waals surface area (Å²) in [4.78, 5) is 0. The third kappa shape index (κ3) is 2.25. The number of hydrogen-bond acceptors (Lipinski definition) is 2. The van der Waals surface area contributed by atoms with E-state index >= 15 is 0 Å². The summed E-state index contributed by atoms with van der Waals surface area (Å²) in [5, 5.41) is 3.16. The summed E-state index contributed by atoms with van der Waals surface area (Å²) in [6.07, 6.45) is 3.49. The Bertz CT molecular complexity index is 190. The molecule has 0 amide bonds. The molecule has 1 nitrogen and oxygen atoms in total. The van der Waals surface area contributed by atoms with Gasteiger partial charge < -0.3 is 5.32 Å². The number of nitrogens with one attached hydrogen (secondary N) is 1. The van der Waals surface area contributed by atoms with Gasteiger partial charge in [-0.3, -0.25) is 0 Å². The van der Waals surface area contributed by atoms with Crippen molar-refractivity contribution >= 4 is 11.8 Å². The Kier molecular flexibility index (Phi) is 3.38. The number of hydrogen-bond donors (Lipinski definition) is 1. The van der Waals surface area contributed by atoms with Crippen molar-refractivity contribution in [3.05, 3.63) is 0 Å². The minimum absolute atomic E-state index is 0.310. The molecule has 14 heavy (non-hydrogen) atoms. The second kappa shape index (κ2) is 4.40. The first-order valence-corrected chi connectivity index (χ1v) is 6.83. The zero-order chi connectivity index (χ0) is 10.0. The maximum absolute atomic E-state index is 14.3. The SMILES string of the molecule is CC1(F)CNCCC1C1CCSCC1. The van der Waals surface area contributed by atoms with Gasteiger partial charge in [0.15, 0.2) is 0 Å². The van der Waals surface area contributed by atoms with Crippen LogP contribution in [-0.2, 0) is 0 Å². The first kappa shape index (κ1) is 10.7. The lowest BCUT2D eigenvalue weighted by Gasteiger charge is -2.41. The first-order chi connectivity index (χ1) is 6.70. The Morgan fingerprint density at radius 1 is 1.29 bits per heavy atom. The second-order valence-electron chi connectivity index (χ2n) is 4.80. The summed E-state index contributed by atoms with van der Waals surface area (Å²) in [5.41, 5.74) is -0.967. The van der Waals surface area contributed by atoms with Gasteiger partial charge in [-0.05, 0) is 56.1 Å². The van der Waals surface area contributed by atoms with E-state index < -0.39 is 5.67 Å². The Labute approximate surface area is 90.2 Å². The summed E-state index contributed by atoms with van der Waals surface area (Å²) in [7, 11) is 0. The average molecular weight is 217 g/mol. The van der Waals surface area contributed by atoms with Crippen LogP contribution >= 0.6 is 11.8 Å². The van der Waals surface area contributed by atoms with Crippen LogP contribution in [0.25, 0.3) is 0 Å². The predicted octanol–water partition coefficient (Wildman–Crippen LogP) is 2.47. The molecule has 2 fully saturated rings. The van der Waals surface area contributed by atoms with Gasteiger partial charge in [-0.2, -0.15) is 11.8 Å². The highest BCUT2D eigenvalue weighted by molar-refractivity contribution is 7.99. The molecule has 0 aromatic rings. The summed E-state index contributed by atoms with van der Waals surface area (Å²) >= 11 is 2.02. The molecule has 2 rings (SSSR count). The fourth-order valence-corrected chi connectivity index (χ4v) is 4.01. The van der Waals surface area contributed by atoms with Gasteiger partial charge in [-0.1, -0.05) is 0 Å². The molecule has 0 saturated carbocycles. The quantitative estimate of drug-likeness (QED) is 0.724. The third-order valence-corrected chi connectivity index (χ3v) is 4.76. The molecule has 3 heteroatoms. The predicted molar refractivity (Wildman–Crippen MR) is 60.5 cm³/mol. The molecule has 2 aliphatic rings. The second-order valence-corrected chi connectivity index (χ2v) is 6.02. The van der Waals surface area contributed by atoms with E-state index in [4.69, 9.17) is 0 Å². The van der Waals surface area contributed by atoms with Crippen molar-refractivity contribution in [2.75, 3.05) is 24.6 Å². The molecule has 0 radical (unpaired) electrons. The van der Waals surface area contributed by atoms with E-state index in [2.05, 4.69) is 5.32 Å². The van der Waals surface area contributed by atoms with Crippen molar-refractivity contribution in [2.45, 2.75) is 31.9 Å². The maximum atomic E-state index is 14.3. The zero-order valence-electron chi connectivity index (χ0n) is 8.89. The Hall–Kier alpha value is 0.240. The van der Waals surface area contributed by atoms with Crippen molar-refractivity contribution in [1.29, 1.82) is 0 Å². The van der Waals surface area contributed by atoms with E-state index in [-0.39, 0.29) is 0 Å².